The molecule has 0 atom stereocenters. The molecule has 30 heavy (non-hydrogen) atoms. The Morgan fingerprint density at radius 3 is 2.67 bits per heavy atom. The van der Waals surface area contributed by atoms with Crippen LogP contribution in [0.3, 0.4) is 0 Å². The molecule has 2 aromatic carbocycles. The van der Waals surface area contributed by atoms with Crippen LogP contribution in [0.2, 0.25) is 0 Å². The lowest BCUT2D eigenvalue weighted by atomic mass is 10.1. The van der Waals surface area contributed by atoms with Crippen LogP contribution in [0.15, 0.2) is 77.7 Å². The number of aromatic nitrogens is 5. The van der Waals surface area contributed by atoms with Gasteiger partial charge in [0.25, 0.3) is 0 Å². The zero-order valence-electron chi connectivity index (χ0n) is 15.9. The minimum Gasteiger partial charge on any atom is -0.338 e. The summed E-state index contributed by atoms with van der Waals surface area (Å²) in [6.45, 7) is 0.194. The summed E-state index contributed by atoms with van der Waals surface area (Å²) in [5.74, 6) is 0.478. The number of hydrogen-bond acceptors (Lipinski definition) is 4. The van der Waals surface area contributed by atoms with Gasteiger partial charge in [0.1, 0.15) is 5.82 Å². The van der Waals surface area contributed by atoms with Crippen molar-refractivity contribution in [3.8, 4) is 11.4 Å². The quantitative estimate of drug-likeness (QED) is 0.475. The molecule has 2 N–H and O–H groups in total. The molecule has 0 spiro atoms. The van der Waals surface area contributed by atoms with Gasteiger partial charge in [-0.3, -0.25) is 9.20 Å². The molecule has 3 aromatic heterocycles. The number of aromatic amines is 1. The van der Waals surface area contributed by atoms with Crippen LogP contribution in [-0.4, -0.2) is 30.1 Å². The Morgan fingerprint density at radius 1 is 1.00 bits per heavy atom. The number of rotatable bonds is 5. The van der Waals surface area contributed by atoms with Gasteiger partial charge < -0.3 is 10.3 Å². The van der Waals surface area contributed by atoms with Gasteiger partial charge in [0.05, 0.1) is 23.3 Å². The molecule has 0 aliphatic rings. The summed E-state index contributed by atoms with van der Waals surface area (Å²) in [4.78, 5) is 32.8. The number of aryl methyl sites for hydroxylation is 1. The van der Waals surface area contributed by atoms with Crippen LogP contribution in [0.1, 0.15) is 6.42 Å². The third-order valence-corrected chi connectivity index (χ3v) is 4.88. The highest BCUT2D eigenvalue weighted by Gasteiger charge is 2.13. The minimum atomic E-state index is -0.263. The van der Waals surface area contributed by atoms with E-state index in [2.05, 4.69) is 20.4 Å². The molecule has 0 saturated heterocycles. The maximum Gasteiger partial charge on any atom is 0.350 e. The lowest BCUT2D eigenvalue weighted by Gasteiger charge is -2.09. The molecule has 0 radical (unpaired) electrons. The van der Waals surface area contributed by atoms with E-state index in [1.807, 2.05) is 54.6 Å². The van der Waals surface area contributed by atoms with E-state index in [0.29, 0.717) is 17.2 Å². The molecule has 0 saturated carbocycles. The Morgan fingerprint density at radius 2 is 1.80 bits per heavy atom. The summed E-state index contributed by atoms with van der Waals surface area (Å²) < 4.78 is 2.76. The molecular weight excluding hydrogens is 380 g/mol. The summed E-state index contributed by atoms with van der Waals surface area (Å²) in [6, 6.07) is 20.6. The second kappa shape index (κ2) is 7.32. The first-order chi connectivity index (χ1) is 14.7. The number of benzene rings is 2. The van der Waals surface area contributed by atoms with Gasteiger partial charge in [0.15, 0.2) is 5.65 Å². The molecule has 0 unspecified atom stereocenters. The molecule has 8 heteroatoms. The number of para-hydroxylation sites is 3. The number of carbonyl (C=O) groups excluding carboxylic acids is 1. The van der Waals surface area contributed by atoms with Gasteiger partial charge in [-0.2, -0.15) is 0 Å². The average Bonchev–Trinajstić information content (AvgIpc) is 3.34. The number of amides is 1. The lowest BCUT2D eigenvalue weighted by molar-refractivity contribution is -0.116. The average molecular weight is 398 g/mol. The van der Waals surface area contributed by atoms with Gasteiger partial charge in [-0.05, 0) is 36.4 Å². The third-order valence-electron chi connectivity index (χ3n) is 4.88. The topological polar surface area (TPSA) is 97.1 Å². The highest BCUT2D eigenvalue weighted by molar-refractivity contribution is 5.95. The van der Waals surface area contributed by atoms with Gasteiger partial charge in [-0.1, -0.05) is 30.3 Å². The van der Waals surface area contributed by atoms with E-state index in [9.17, 15) is 9.59 Å². The first kappa shape index (κ1) is 17.9. The van der Waals surface area contributed by atoms with E-state index in [0.717, 1.165) is 16.6 Å². The van der Waals surface area contributed by atoms with E-state index >= 15 is 0 Å². The number of nitrogens with one attached hydrogen (secondary N) is 2. The van der Waals surface area contributed by atoms with Crippen molar-refractivity contribution in [3.63, 3.8) is 0 Å². The van der Waals surface area contributed by atoms with Gasteiger partial charge >= 0.3 is 5.69 Å². The summed E-state index contributed by atoms with van der Waals surface area (Å²) in [5, 5.41) is 7.18. The fraction of sp³-hybridized carbons (Fsp3) is 0.0909. The van der Waals surface area contributed by atoms with Gasteiger partial charge in [0, 0.05) is 18.2 Å². The van der Waals surface area contributed by atoms with E-state index in [1.54, 1.807) is 18.3 Å². The van der Waals surface area contributed by atoms with Crippen LogP contribution in [-0.2, 0) is 11.3 Å². The predicted octanol–water partition coefficient (Wildman–Crippen LogP) is 3.07. The molecule has 0 bridgehead atoms. The highest BCUT2D eigenvalue weighted by Crippen LogP contribution is 2.27. The van der Waals surface area contributed by atoms with E-state index < -0.39 is 0 Å². The van der Waals surface area contributed by atoms with E-state index in [1.165, 1.54) is 9.08 Å². The fourth-order valence-corrected chi connectivity index (χ4v) is 3.41. The number of nitrogens with zero attached hydrogens (tertiary/aromatic N) is 4. The number of anilines is 1. The summed E-state index contributed by atoms with van der Waals surface area (Å²) >= 11 is 0. The second-order valence-corrected chi connectivity index (χ2v) is 6.88. The normalized spacial score (nSPS) is 11.2. The van der Waals surface area contributed by atoms with E-state index in [4.69, 9.17) is 0 Å². The maximum atomic E-state index is 12.6. The van der Waals surface area contributed by atoms with Crippen molar-refractivity contribution in [2.24, 2.45) is 0 Å². The van der Waals surface area contributed by atoms with Crippen LogP contribution >= 0.6 is 0 Å². The van der Waals surface area contributed by atoms with Gasteiger partial charge in [0.2, 0.25) is 5.91 Å². The smallest absolute Gasteiger partial charge is 0.338 e. The Bertz CT molecular complexity index is 1400. The van der Waals surface area contributed by atoms with Crippen LogP contribution in [0.25, 0.3) is 28.1 Å². The minimum absolute atomic E-state index is 0.123. The number of carbonyl (C=O) groups is 1. The van der Waals surface area contributed by atoms with Crippen molar-refractivity contribution in [1.29, 1.82) is 0 Å². The third kappa shape index (κ3) is 3.24. The molecule has 0 aliphatic carbocycles. The lowest BCUT2D eigenvalue weighted by Crippen LogP contribution is -2.24. The van der Waals surface area contributed by atoms with Gasteiger partial charge in [-0.25, -0.2) is 14.5 Å². The Labute approximate surface area is 170 Å². The summed E-state index contributed by atoms with van der Waals surface area (Å²) in [6.07, 6.45) is 1.78. The molecule has 3 heterocycles. The van der Waals surface area contributed by atoms with Gasteiger partial charge in [-0.15, -0.1) is 5.10 Å². The van der Waals surface area contributed by atoms with E-state index in [-0.39, 0.29) is 24.6 Å². The Kier molecular flexibility index (Phi) is 4.36. The molecule has 0 fully saturated rings. The zero-order chi connectivity index (χ0) is 20.5. The molecule has 148 valence electrons. The first-order valence-electron chi connectivity index (χ1n) is 9.57. The van der Waals surface area contributed by atoms with Crippen LogP contribution in [0.5, 0.6) is 0 Å². The largest absolute Gasteiger partial charge is 0.350 e. The predicted molar refractivity (Wildman–Crippen MR) is 114 cm³/mol. The SMILES string of the molecule is O=C(CCn1nc2ccccn2c1=O)Nc1ccccc1-c1nc2ccccc2[nH]1. The number of imidazole rings is 1. The van der Waals surface area contributed by atoms with Crippen molar-refractivity contribution in [1.82, 2.24) is 24.1 Å². The molecule has 1 amide bonds. The summed E-state index contributed by atoms with van der Waals surface area (Å²) in [7, 11) is 0. The first-order valence-corrected chi connectivity index (χ1v) is 9.57. The van der Waals surface area contributed by atoms with Crippen LogP contribution in [0.4, 0.5) is 5.69 Å². The van der Waals surface area contributed by atoms with Crippen molar-refractivity contribution in [2.75, 3.05) is 5.32 Å². The molecular formula is C22H18N6O2. The Balaban J connectivity index is 1.35. The van der Waals surface area contributed by atoms with Crippen molar-refractivity contribution in [3.05, 3.63) is 83.4 Å². The number of hydrogen-bond donors (Lipinski definition) is 2. The fourth-order valence-electron chi connectivity index (χ4n) is 3.41. The molecule has 8 nitrogen and oxygen atoms in total. The van der Waals surface area contributed by atoms with Crippen molar-refractivity contribution < 1.29 is 4.79 Å². The monoisotopic (exact) mass is 398 g/mol. The van der Waals surface area contributed by atoms with Crippen LogP contribution < -0.4 is 11.0 Å². The zero-order valence-corrected chi connectivity index (χ0v) is 15.9. The van der Waals surface area contributed by atoms with Crippen molar-refractivity contribution in [2.45, 2.75) is 13.0 Å². The number of fused-ring (bicyclic) bond motifs is 2. The standard InChI is InChI=1S/C22H18N6O2/c29-20(12-14-28-22(30)27-13-6-5-11-19(27)26-28)23-16-8-2-1-7-15(16)21-24-17-9-3-4-10-18(17)25-21/h1-11,13H,12,14H2,(H,23,29)(H,24,25). The summed E-state index contributed by atoms with van der Waals surface area (Å²) in [5.41, 5.74) is 3.54. The number of H-pyrrole nitrogens is 1. The van der Waals surface area contributed by atoms with Crippen molar-refractivity contribution >= 4 is 28.3 Å². The van der Waals surface area contributed by atoms with Crippen LogP contribution in [0, 0.1) is 0 Å². The Hall–Kier alpha value is -4.20. The highest BCUT2D eigenvalue weighted by atomic mass is 16.2. The molecule has 5 rings (SSSR count). The second-order valence-electron chi connectivity index (χ2n) is 6.88. The maximum absolute atomic E-state index is 12.6. The molecule has 5 aromatic rings. The molecule has 0 aliphatic heterocycles. The number of pyridine rings is 1.